The van der Waals surface area contributed by atoms with Crippen LogP contribution in [0.1, 0.15) is 25.7 Å². The highest BCUT2D eigenvalue weighted by atomic mass is 16.2. The summed E-state index contributed by atoms with van der Waals surface area (Å²) in [6, 6.07) is 0.209. The Hall–Kier alpha value is -1.26. The van der Waals surface area contributed by atoms with Gasteiger partial charge in [-0.25, -0.2) is 4.99 Å². The van der Waals surface area contributed by atoms with Gasteiger partial charge in [-0.2, -0.15) is 0 Å². The number of hydrogen-bond acceptors (Lipinski definition) is 2. The third-order valence-corrected chi connectivity index (χ3v) is 2.48. The highest BCUT2D eigenvalue weighted by Gasteiger charge is 2.24. The van der Waals surface area contributed by atoms with Gasteiger partial charge in [0.15, 0.2) is 5.96 Å². The van der Waals surface area contributed by atoms with Crippen LogP contribution in [0.3, 0.4) is 0 Å². The Morgan fingerprint density at radius 1 is 1.50 bits per heavy atom. The fourth-order valence-corrected chi connectivity index (χ4v) is 1.52. The van der Waals surface area contributed by atoms with Crippen LogP contribution in [0.15, 0.2) is 4.99 Å². The van der Waals surface area contributed by atoms with Gasteiger partial charge in [-0.3, -0.25) is 4.79 Å². The SMILES string of the molecule is NC(=NC1CCCNC1=O)NC1CC1. The Morgan fingerprint density at radius 2 is 2.29 bits per heavy atom. The summed E-state index contributed by atoms with van der Waals surface area (Å²) in [5, 5.41) is 5.85. The minimum Gasteiger partial charge on any atom is -0.370 e. The first kappa shape index (κ1) is 9.30. The standard InChI is InChI=1S/C9H16N4O/c10-9(12-6-3-4-6)13-7-2-1-5-11-8(7)14/h6-7H,1-5H2,(H,11,14)(H3,10,12,13). The average Bonchev–Trinajstić information content (AvgIpc) is 2.93. The van der Waals surface area contributed by atoms with Crippen molar-refractivity contribution in [2.45, 2.75) is 37.8 Å². The van der Waals surface area contributed by atoms with E-state index in [0.29, 0.717) is 12.0 Å². The zero-order valence-electron chi connectivity index (χ0n) is 8.12. The molecular weight excluding hydrogens is 180 g/mol. The first-order valence-corrected chi connectivity index (χ1v) is 5.13. The van der Waals surface area contributed by atoms with Crippen LogP contribution in [0.4, 0.5) is 0 Å². The molecule has 14 heavy (non-hydrogen) atoms. The maximum absolute atomic E-state index is 11.3. The summed E-state index contributed by atoms with van der Waals surface area (Å²) >= 11 is 0. The van der Waals surface area contributed by atoms with Crippen LogP contribution >= 0.6 is 0 Å². The summed E-state index contributed by atoms with van der Waals surface area (Å²) in [4.78, 5) is 15.5. The summed E-state index contributed by atoms with van der Waals surface area (Å²) < 4.78 is 0. The van der Waals surface area contributed by atoms with E-state index in [9.17, 15) is 4.79 Å². The molecule has 5 nitrogen and oxygen atoms in total. The van der Waals surface area contributed by atoms with Crippen molar-refractivity contribution in [1.82, 2.24) is 10.6 Å². The van der Waals surface area contributed by atoms with Crippen molar-refractivity contribution in [3.63, 3.8) is 0 Å². The van der Waals surface area contributed by atoms with Crippen LogP contribution < -0.4 is 16.4 Å². The molecule has 1 heterocycles. The number of nitrogens with one attached hydrogen (secondary N) is 2. The van der Waals surface area contributed by atoms with Gasteiger partial charge < -0.3 is 16.4 Å². The molecule has 1 aliphatic carbocycles. The largest absolute Gasteiger partial charge is 0.370 e. The van der Waals surface area contributed by atoms with Gasteiger partial charge in [-0.15, -0.1) is 0 Å². The molecule has 2 rings (SSSR count). The molecule has 0 aromatic carbocycles. The van der Waals surface area contributed by atoms with Crippen molar-refractivity contribution < 1.29 is 4.79 Å². The lowest BCUT2D eigenvalue weighted by Crippen LogP contribution is -2.42. The molecule has 1 aliphatic heterocycles. The molecule has 1 amide bonds. The Balaban J connectivity index is 1.88. The predicted molar refractivity (Wildman–Crippen MR) is 53.8 cm³/mol. The van der Waals surface area contributed by atoms with Crippen molar-refractivity contribution in [1.29, 1.82) is 0 Å². The number of nitrogens with zero attached hydrogens (tertiary/aromatic N) is 1. The third-order valence-electron chi connectivity index (χ3n) is 2.48. The van der Waals surface area contributed by atoms with Gasteiger partial charge in [0, 0.05) is 12.6 Å². The van der Waals surface area contributed by atoms with Gasteiger partial charge in [0.2, 0.25) is 5.91 Å². The lowest BCUT2D eigenvalue weighted by atomic mass is 10.1. The lowest BCUT2D eigenvalue weighted by Gasteiger charge is -2.18. The molecule has 0 bridgehead atoms. The molecule has 0 aromatic rings. The molecule has 1 atom stereocenters. The number of amides is 1. The van der Waals surface area contributed by atoms with Crippen molar-refractivity contribution in [3.05, 3.63) is 0 Å². The van der Waals surface area contributed by atoms with Crippen molar-refractivity contribution in [3.8, 4) is 0 Å². The van der Waals surface area contributed by atoms with Gasteiger partial charge in [-0.1, -0.05) is 0 Å². The minimum atomic E-state index is -0.282. The monoisotopic (exact) mass is 196 g/mol. The van der Waals surface area contributed by atoms with E-state index in [1.165, 1.54) is 0 Å². The first-order chi connectivity index (χ1) is 6.75. The summed E-state index contributed by atoms with van der Waals surface area (Å²) in [5.41, 5.74) is 5.67. The van der Waals surface area contributed by atoms with E-state index < -0.39 is 0 Å². The van der Waals surface area contributed by atoms with Crippen LogP contribution in [0, 0.1) is 0 Å². The van der Waals surface area contributed by atoms with Gasteiger partial charge in [0.25, 0.3) is 0 Å². The number of carbonyl (C=O) groups is 1. The smallest absolute Gasteiger partial charge is 0.244 e. The van der Waals surface area contributed by atoms with Crippen LogP contribution in [0.5, 0.6) is 0 Å². The highest BCUT2D eigenvalue weighted by Crippen LogP contribution is 2.18. The molecular formula is C9H16N4O. The van der Waals surface area contributed by atoms with E-state index in [1.807, 2.05) is 0 Å². The van der Waals surface area contributed by atoms with Crippen LogP contribution in [0.2, 0.25) is 0 Å². The van der Waals surface area contributed by atoms with E-state index >= 15 is 0 Å². The zero-order chi connectivity index (χ0) is 9.97. The first-order valence-electron chi connectivity index (χ1n) is 5.13. The van der Waals surface area contributed by atoms with Crippen molar-refractivity contribution in [2.24, 2.45) is 10.7 Å². The van der Waals surface area contributed by atoms with E-state index in [-0.39, 0.29) is 11.9 Å². The second-order valence-electron chi connectivity index (χ2n) is 3.88. The summed E-state index contributed by atoms with van der Waals surface area (Å²) in [6.07, 6.45) is 4.11. The molecule has 0 spiro atoms. The Labute approximate surface area is 83.1 Å². The van der Waals surface area contributed by atoms with Gasteiger partial charge in [-0.05, 0) is 25.7 Å². The quantitative estimate of drug-likeness (QED) is 0.405. The van der Waals surface area contributed by atoms with E-state index in [1.54, 1.807) is 0 Å². The number of hydrogen-bond donors (Lipinski definition) is 3. The number of piperidine rings is 1. The molecule has 0 radical (unpaired) electrons. The average molecular weight is 196 g/mol. The fraction of sp³-hybridized carbons (Fsp3) is 0.778. The predicted octanol–water partition coefficient (Wildman–Crippen LogP) is -0.668. The maximum atomic E-state index is 11.3. The number of guanidine groups is 1. The molecule has 78 valence electrons. The highest BCUT2D eigenvalue weighted by molar-refractivity contribution is 5.87. The van der Waals surface area contributed by atoms with Crippen molar-refractivity contribution in [2.75, 3.05) is 6.54 Å². The van der Waals surface area contributed by atoms with Gasteiger partial charge in [0.05, 0.1) is 0 Å². The third kappa shape index (κ3) is 2.37. The van der Waals surface area contributed by atoms with Crippen LogP contribution in [-0.2, 0) is 4.79 Å². The second-order valence-corrected chi connectivity index (χ2v) is 3.88. The van der Waals surface area contributed by atoms with Crippen LogP contribution in [-0.4, -0.2) is 30.5 Å². The molecule has 0 aromatic heterocycles. The molecule has 2 aliphatic rings. The fourth-order valence-electron chi connectivity index (χ4n) is 1.52. The van der Waals surface area contributed by atoms with Gasteiger partial charge in [0.1, 0.15) is 6.04 Å². The number of nitrogens with two attached hydrogens (primary N) is 1. The molecule has 5 heteroatoms. The molecule has 2 fully saturated rings. The minimum absolute atomic E-state index is 0.00297. The summed E-state index contributed by atoms with van der Waals surface area (Å²) in [5.74, 6) is 0.409. The molecule has 1 saturated carbocycles. The number of carbonyl (C=O) groups excluding carboxylic acids is 1. The molecule has 1 unspecified atom stereocenters. The normalized spacial score (nSPS) is 28.4. The summed E-state index contributed by atoms with van der Waals surface area (Å²) in [7, 11) is 0. The Bertz CT molecular complexity index is 260. The second kappa shape index (κ2) is 3.86. The molecule has 1 saturated heterocycles. The molecule has 4 N–H and O–H groups in total. The number of aliphatic imine (C=N–C) groups is 1. The van der Waals surface area contributed by atoms with Gasteiger partial charge >= 0.3 is 0 Å². The topological polar surface area (TPSA) is 79.5 Å². The summed E-state index contributed by atoms with van der Waals surface area (Å²) in [6.45, 7) is 0.765. The zero-order valence-corrected chi connectivity index (χ0v) is 8.12. The Morgan fingerprint density at radius 3 is 2.93 bits per heavy atom. The maximum Gasteiger partial charge on any atom is 0.244 e. The van der Waals surface area contributed by atoms with Crippen LogP contribution in [0.25, 0.3) is 0 Å². The van der Waals surface area contributed by atoms with E-state index in [4.69, 9.17) is 5.73 Å². The number of rotatable bonds is 2. The van der Waals surface area contributed by atoms with E-state index in [2.05, 4.69) is 15.6 Å². The van der Waals surface area contributed by atoms with Crippen molar-refractivity contribution >= 4 is 11.9 Å². The lowest BCUT2D eigenvalue weighted by molar-refractivity contribution is -0.123. The van der Waals surface area contributed by atoms with E-state index in [0.717, 1.165) is 32.2 Å². The Kier molecular flexibility index (Phi) is 2.56.